The van der Waals surface area contributed by atoms with Crippen molar-refractivity contribution in [3.63, 3.8) is 0 Å². The van der Waals surface area contributed by atoms with Crippen molar-refractivity contribution in [1.82, 2.24) is 5.32 Å². The highest BCUT2D eigenvalue weighted by Crippen LogP contribution is 2.25. The van der Waals surface area contributed by atoms with Crippen LogP contribution in [-0.4, -0.2) is 6.54 Å². The van der Waals surface area contributed by atoms with Gasteiger partial charge < -0.3 is 5.32 Å². The first-order valence-corrected chi connectivity index (χ1v) is 7.93. The molecule has 19 heavy (non-hydrogen) atoms. The lowest BCUT2D eigenvalue weighted by molar-refractivity contribution is 0.375. The second kappa shape index (κ2) is 6.56. The van der Waals surface area contributed by atoms with Crippen LogP contribution in [0.1, 0.15) is 63.3 Å². The van der Waals surface area contributed by atoms with Crippen LogP contribution in [0.5, 0.6) is 0 Å². The Labute approximate surface area is 118 Å². The Morgan fingerprint density at radius 1 is 1.00 bits per heavy atom. The van der Waals surface area contributed by atoms with Crippen LogP contribution in [-0.2, 0) is 12.8 Å². The maximum Gasteiger partial charge on any atom is 0.0292 e. The third-order valence-electron chi connectivity index (χ3n) is 4.76. The molecule has 1 aliphatic carbocycles. The second-order valence-corrected chi connectivity index (χ2v) is 6.59. The minimum atomic E-state index is 0.466. The standard InChI is InChI=1S/C18H29N/c1-13(2)14(3)12-19-15(4)17-10-9-16-7-5-6-8-18(16)11-17/h9-11,13-15,19H,5-8,12H2,1-4H3. The molecule has 0 saturated carbocycles. The van der Waals surface area contributed by atoms with Crippen LogP contribution in [0, 0.1) is 11.8 Å². The molecule has 2 atom stereocenters. The fourth-order valence-corrected chi connectivity index (χ4v) is 2.74. The molecule has 1 N–H and O–H groups in total. The lowest BCUT2D eigenvalue weighted by Gasteiger charge is -2.22. The molecule has 0 heterocycles. The number of nitrogens with one attached hydrogen (secondary N) is 1. The van der Waals surface area contributed by atoms with Crippen molar-refractivity contribution in [2.24, 2.45) is 11.8 Å². The summed E-state index contributed by atoms with van der Waals surface area (Å²) in [4.78, 5) is 0. The van der Waals surface area contributed by atoms with Gasteiger partial charge in [-0.05, 0) is 67.7 Å². The number of aryl methyl sites for hydroxylation is 2. The van der Waals surface area contributed by atoms with E-state index in [1.807, 2.05) is 0 Å². The van der Waals surface area contributed by atoms with Gasteiger partial charge in [0.2, 0.25) is 0 Å². The molecule has 2 rings (SSSR count). The zero-order valence-corrected chi connectivity index (χ0v) is 13.0. The summed E-state index contributed by atoms with van der Waals surface area (Å²) in [6, 6.07) is 7.58. The predicted molar refractivity (Wildman–Crippen MR) is 83.5 cm³/mol. The minimum absolute atomic E-state index is 0.466. The van der Waals surface area contributed by atoms with Crippen molar-refractivity contribution < 1.29 is 0 Å². The molecule has 0 amide bonds. The average molecular weight is 259 g/mol. The SMILES string of the molecule is CC(NCC(C)C(C)C)c1ccc2c(c1)CCCC2. The molecule has 2 unspecified atom stereocenters. The highest BCUT2D eigenvalue weighted by molar-refractivity contribution is 5.35. The zero-order valence-electron chi connectivity index (χ0n) is 13.0. The van der Waals surface area contributed by atoms with Crippen molar-refractivity contribution in [2.75, 3.05) is 6.54 Å². The molecule has 1 aliphatic rings. The van der Waals surface area contributed by atoms with Gasteiger partial charge in [-0.15, -0.1) is 0 Å². The van der Waals surface area contributed by atoms with Crippen LogP contribution in [0.2, 0.25) is 0 Å². The Bertz CT molecular complexity index is 408. The van der Waals surface area contributed by atoms with Crippen LogP contribution in [0.4, 0.5) is 0 Å². The van der Waals surface area contributed by atoms with Gasteiger partial charge in [0.25, 0.3) is 0 Å². The molecular formula is C18H29N. The maximum atomic E-state index is 3.69. The summed E-state index contributed by atoms with van der Waals surface area (Å²) < 4.78 is 0. The maximum absolute atomic E-state index is 3.69. The average Bonchev–Trinajstić information content (AvgIpc) is 2.43. The molecule has 1 nitrogen and oxygen atoms in total. The summed E-state index contributed by atoms with van der Waals surface area (Å²) in [5.74, 6) is 1.49. The Kier molecular flexibility index (Phi) is 5.04. The van der Waals surface area contributed by atoms with Crippen LogP contribution in [0.25, 0.3) is 0 Å². The number of hydrogen-bond acceptors (Lipinski definition) is 1. The highest BCUT2D eigenvalue weighted by atomic mass is 14.9. The van der Waals surface area contributed by atoms with Gasteiger partial charge in [0.1, 0.15) is 0 Å². The van der Waals surface area contributed by atoms with E-state index in [0.29, 0.717) is 6.04 Å². The number of rotatable bonds is 5. The molecule has 0 spiro atoms. The van der Waals surface area contributed by atoms with E-state index in [9.17, 15) is 0 Å². The zero-order chi connectivity index (χ0) is 13.8. The molecule has 0 aliphatic heterocycles. The Hall–Kier alpha value is -0.820. The molecule has 1 aromatic rings. The Morgan fingerprint density at radius 3 is 2.37 bits per heavy atom. The van der Waals surface area contributed by atoms with Crippen molar-refractivity contribution >= 4 is 0 Å². The van der Waals surface area contributed by atoms with E-state index in [0.717, 1.165) is 18.4 Å². The minimum Gasteiger partial charge on any atom is -0.310 e. The molecule has 0 fully saturated rings. The summed E-state index contributed by atoms with van der Waals surface area (Å²) in [6.07, 6.45) is 5.29. The van der Waals surface area contributed by atoms with Gasteiger partial charge in [-0.25, -0.2) is 0 Å². The molecule has 0 aromatic heterocycles. The molecule has 0 bridgehead atoms. The van der Waals surface area contributed by atoms with Gasteiger partial charge in [0.05, 0.1) is 0 Å². The van der Waals surface area contributed by atoms with Gasteiger partial charge in [0.15, 0.2) is 0 Å². The van der Waals surface area contributed by atoms with Crippen LogP contribution in [0.15, 0.2) is 18.2 Å². The second-order valence-electron chi connectivity index (χ2n) is 6.59. The fourth-order valence-electron chi connectivity index (χ4n) is 2.74. The summed E-state index contributed by atoms with van der Waals surface area (Å²) in [7, 11) is 0. The van der Waals surface area contributed by atoms with E-state index in [2.05, 4.69) is 51.2 Å². The summed E-state index contributed by atoms with van der Waals surface area (Å²) in [6.45, 7) is 10.3. The Morgan fingerprint density at radius 2 is 1.68 bits per heavy atom. The van der Waals surface area contributed by atoms with E-state index in [-0.39, 0.29) is 0 Å². The molecule has 0 radical (unpaired) electrons. The quantitative estimate of drug-likeness (QED) is 0.820. The number of benzene rings is 1. The lowest BCUT2D eigenvalue weighted by atomic mass is 9.89. The predicted octanol–water partition coefficient (Wildman–Crippen LogP) is 4.51. The van der Waals surface area contributed by atoms with Gasteiger partial charge >= 0.3 is 0 Å². The molecular weight excluding hydrogens is 230 g/mol. The van der Waals surface area contributed by atoms with Gasteiger partial charge in [0, 0.05) is 6.04 Å². The van der Waals surface area contributed by atoms with Gasteiger partial charge in [-0.2, -0.15) is 0 Å². The monoisotopic (exact) mass is 259 g/mol. The van der Waals surface area contributed by atoms with Crippen molar-refractivity contribution in [3.05, 3.63) is 34.9 Å². The first kappa shape index (κ1) is 14.6. The van der Waals surface area contributed by atoms with E-state index in [1.54, 1.807) is 11.1 Å². The van der Waals surface area contributed by atoms with E-state index in [4.69, 9.17) is 0 Å². The normalized spacial score (nSPS) is 18.2. The molecule has 106 valence electrons. The van der Waals surface area contributed by atoms with E-state index < -0.39 is 0 Å². The Balaban J connectivity index is 1.97. The molecule has 0 saturated heterocycles. The van der Waals surface area contributed by atoms with E-state index in [1.165, 1.54) is 31.2 Å². The molecule has 1 heteroatoms. The topological polar surface area (TPSA) is 12.0 Å². The third kappa shape index (κ3) is 3.82. The van der Waals surface area contributed by atoms with Crippen molar-refractivity contribution in [1.29, 1.82) is 0 Å². The van der Waals surface area contributed by atoms with Crippen molar-refractivity contribution in [2.45, 2.75) is 59.4 Å². The van der Waals surface area contributed by atoms with Crippen LogP contribution >= 0.6 is 0 Å². The fraction of sp³-hybridized carbons (Fsp3) is 0.667. The largest absolute Gasteiger partial charge is 0.310 e. The number of fused-ring (bicyclic) bond motifs is 1. The first-order chi connectivity index (χ1) is 9.08. The summed E-state index contributed by atoms with van der Waals surface area (Å²) in [5, 5.41) is 3.69. The van der Waals surface area contributed by atoms with E-state index >= 15 is 0 Å². The summed E-state index contributed by atoms with van der Waals surface area (Å²) >= 11 is 0. The molecule has 1 aromatic carbocycles. The number of hydrogen-bond donors (Lipinski definition) is 1. The van der Waals surface area contributed by atoms with Crippen LogP contribution < -0.4 is 5.32 Å². The first-order valence-electron chi connectivity index (χ1n) is 7.93. The van der Waals surface area contributed by atoms with Gasteiger partial charge in [-0.3, -0.25) is 0 Å². The smallest absolute Gasteiger partial charge is 0.0292 e. The highest BCUT2D eigenvalue weighted by Gasteiger charge is 2.13. The van der Waals surface area contributed by atoms with Crippen LogP contribution in [0.3, 0.4) is 0 Å². The van der Waals surface area contributed by atoms with Crippen molar-refractivity contribution in [3.8, 4) is 0 Å². The third-order valence-corrected chi connectivity index (χ3v) is 4.76. The van der Waals surface area contributed by atoms with Gasteiger partial charge in [-0.1, -0.05) is 39.0 Å². The lowest BCUT2D eigenvalue weighted by Crippen LogP contribution is -2.27. The summed E-state index contributed by atoms with van der Waals surface area (Å²) in [5.41, 5.74) is 4.63.